The molecule has 1 saturated carbocycles. The first-order valence-electron chi connectivity index (χ1n) is 12.5. The van der Waals surface area contributed by atoms with Gasteiger partial charge >= 0.3 is 0 Å². The van der Waals surface area contributed by atoms with Gasteiger partial charge in [0.05, 0.1) is 22.0 Å². The molecule has 0 aliphatic heterocycles. The van der Waals surface area contributed by atoms with E-state index >= 15 is 0 Å². The molecule has 1 unspecified atom stereocenters. The number of amides is 2. The largest absolute Gasteiger partial charge is 0.352 e. The Morgan fingerprint density at radius 3 is 2.35 bits per heavy atom. The van der Waals surface area contributed by atoms with Crippen LogP contribution in [0.1, 0.15) is 55.7 Å². The van der Waals surface area contributed by atoms with Crippen LogP contribution in [0.3, 0.4) is 0 Å². The van der Waals surface area contributed by atoms with E-state index in [9.17, 15) is 18.0 Å². The summed E-state index contributed by atoms with van der Waals surface area (Å²) in [4.78, 5) is 28.7. The molecule has 0 heterocycles. The lowest BCUT2D eigenvalue weighted by molar-refractivity contribution is -0.140. The summed E-state index contributed by atoms with van der Waals surface area (Å²) >= 11 is 12.3. The van der Waals surface area contributed by atoms with Gasteiger partial charge in [0.2, 0.25) is 21.8 Å². The molecule has 2 aromatic carbocycles. The van der Waals surface area contributed by atoms with Crippen molar-refractivity contribution in [3.05, 3.63) is 63.1 Å². The summed E-state index contributed by atoms with van der Waals surface area (Å²) in [6.45, 7) is 5.20. The number of carbonyl (C=O) groups excluding carboxylic acids is 2. The van der Waals surface area contributed by atoms with Crippen LogP contribution in [-0.4, -0.2) is 50.0 Å². The van der Waals surface area contributed by atoms with Crippen molar-refractivity contribution < 1.29 is 18.0 Å². The molecular formula is C27H35Cl2N3O4S. The molecular weight excluding hydrogens is 533 g/mol. The minimum absolute atomic E-state index is 0.0801. The zero-order valence-electron chi connectivity index (χ0n) is 21.8. The van der Waals surface area contributed by atoms with Crippen molar-refractivity contribution in [3.8, 4) is 0 Å². The first-order valence-corrected chi connectivity index (χ1v) is 15.1. The molecule has 1 aliphatic carbocycles. The lowest BCUT2D eigenvalue weighted by Crippen LogP contribution is -2.53. The van der Waals surface area contributed by atoms with Gasteiger partial charge in [-0.1, -0.05) is 61.2 Å². The highest BCUT2D eigenvalue weighted by molar-refractivity contribution is 7.92. The van der Waals surface area contributed by atoms with E-state index in [0.717, 1.165) is 47.4 Å². The van der Waals surface area contributed by atoms with Gasteiger partial charge in [-0.2, -0.15) is 0 Å². The van der Waals surface area contributed by atoms with Crippen LogP contribution in [0.15, 0.2) is 36.4 Å². The standard InChI is InChI=1S/C27H35Cl2N3O4S/c1-5-24(27(34)30-21-10-6-7-11-21)31(16-20-13-14-22(28)23(29)15-20)26(33)17-32(37(4,35)36)25-12-8-9-18(2)19(25)3/h8-9,12-15,21,24H,5-7,10-11,16-17H2,1-4H3,(H,30,34). The fourth-order valence-corrected chi connectivity index (χ4v) is 5.94. The number of nitrogens with one attached hydrogen (secondary N) is 1. The van der Waals surface area contributed by atoms with Crippen LogP contribution in [0.4, 0.5) is 5.69 Å². The van der Waals surface area contributed by atoms with Gasteiger partial charge in [0, 0.05) is 12.6 Å². The zero-order valence-corrected chi connectivity index (χ0v) is 24.1. The van der Waals surface area contributed by atoms with Crippen molar-refractivity contribution in [1.82, 2.24) is 10.2 Å². The second-order valence-corrected chi connectivity index (χ2v) is 12.4. The molecule has 1 atom stereocenters. The summed E-state index contributed by atoms with van der Waals surface area (Å²) < 4.78 is 26.8. The van der Waals surface area contributed by atoms with Gasteiger partial charge < -0.3 is 10.2 Å². The van der Waals surface area contributed by atoms with E-state index in [0.29, 0.717) is 27.7 Å². The quantitative estimate of drug-likeness (QED) is 0.425. The molecule has 0 saturated heterocycles. The van der Waals surface area contributed by atoms with E-state index in [-0.39, 0.29) is 18.5 Å². The molecule has 0 bridgehead atoms. The predicted octanol–water partition coefficient (Wildman–Crippen LogP) is 5.24. The van der Waals surface area contributed by atoms with Crippen molar-refractivity contribution in [2.24, 2.45) is 0 Å². The lowest BCUT2D eigenvalue weighted by atomic mass is 10.1. The van der Waals surface area contributed by atoms with Crippen molar-refractivity contribution in [1.29, 1.82) is 0 Å². The number of hydrogen-bond acceptors (Lipinski definition) is 4. The molecule has 3 rings (SSSR count). The molecule has 10 heteroatoms. The van der Waals surface area contributed by atoms with Gasteiger partial charge in [0.25, 0.3) is 0 Å². The fourth-order valence-electron chi connectivity index (χ4n) is 4.72. The normalized spacial score (nSPS) is 14.9. The molecule has 1 N–H and O–H groups in total. The van der Waals surface area contributed by atoms with E-state index in [1.165, 1.54) is 4.90 Å². The highest BCUT2D eigenvalue weighted by Crippen LogP contribution is 2.27. The number of anilines is 1. The van der Waals surface area contributed by atoms with Crippen LogP contribution in [0.5, 0.6) is 0 Å². The average molecular weight is 569 g/mol. The predicted molar refractivity (Wildman–Crippen MR) is 150 cm³/mol. The van der Waals surface area contributed by atoms with Gasteiger partial charge in [-0.05, 0) is 68.0 Å². The zero-order chi connectivity index (χ0) is 27.3. The smallest absolute Gasteiger partial charge is 0.244 e. The highest BCUT2D eigenvalue weighted by Gasteiger charge is 2.33. The number of halogens is 2. The van der Waals surface area contributed by atoms with Crippen LogP contribution < -0.4 is 9.62 Å². The Labute approximate surface area is 230 Å². The number of nitrogens with zero attached hydrogens (tertiary/aromatic N) is 2. The number of sulfonamides is 1. The Morgan fingerprint density at radius 1 is 1.08 bits per heavy atom. The van der Waals surface area contributed by atoms with E-state index in [1.807, 2.05) is 26.8 Å². The van der Waals surface area contributed by atoms with Crippen molar-refractivity contribution >= 4 is 50.7 Å². The SMILES string of the molecule is CCC(C(=O)NC1CCCC1)N(Cc1ccc(Cl)c(Cl)c1)C(=O)CN(c1cccc(C)c1C)S(C)(=O)=O. The summed E-state index contributed by atoms with van der Waals surface area (Å²) in [5.41, 5.74) is 2.80. The third kappa shape index (κ3) is 7.39. The summed E-state index contributed by atoms with van der Waals surface area (Å²) in [6, 6.07) is 9.69. The number of benzene rings is 2. The molecule has 1 fully saturated rings. The Hall–Kier alpha value is -2.29. The Balaban J connectivity index is 1.97. The van der Waals surface area contributed by atoms with Crippen LogP contribution in [0, 0.1) is 13.8 Å². The van der Waals surface area contributed by atoms with Crippen LogP contribution >= 0.6 is 23.2 Å². The number of carbonyl (C=O) groups is 2. The second kappa shape index (κ2) is 12.5. The Kier molecular flexibility index (Phi) is 9.89. The first kappa shape index (κ1) is 29.3. The maximum atomic E-state index is 13.8. The van der Waals surface area contributed by atoms with Gasteiger partial charge in [0.1, 0.15) is 12.6 Å². The second-order valence-electron chi connectivity index (χ2n) is 9.67. The summed E-state index contributed by atoms with van der Waals surface area (Å²) in [5, 5.41) is 3.81. The Morgan fingerprint density at radius 2 is 1.76 bits per heavy atom. The van der Waals surface area contributed by atoms with Gasteiger partial charge in [0.15, 0.2) is 0 Å². The molecule has 0 spiro atoms. The van der Waals surface area contributed by atoms with Crippen LogP contribution in [0.25, 0.3) is 0 Å². The molecule has 202 valence electrons. The summed E-state index contributed by atoms with van der Waals surface area (Å²) in [5.74, 6) is -0.716. The first-order chi connectivity index (χ1) is 17.4. The van der Waals surface area contributed by atoms with Gasteiger partial charge in [-0.25, -0.2) is 8.42 Å². The molecule has 7 nitrogen and oxygen atoms in total. The van der Waals surface area contributed by atoms with E-state index < -0.39 is 28.5 Å². The monoisotopic (exact) mass is 567 g/mol. The van der Waals surface area contributed by atoms with E-state index in [1.54, 1.807) is 30.3 Å². The average Bonchev–Trinajstić information content (AvgIpc) is 3.34. The minimum Gasteiger partial charge on any atom is -0.352 e. The van der Waals surface area contributed by atoms with Gasteiger partial charge in [-0.15, -0.1) is 0 Å². The maximum absolute atomic E-state index is 13.8. The molecule has 0 aromatic heterocycles. The molecule has 0 radical (unpaired) electrons. The molecule has 1 aliphatic rings. The number of rotatable bonds is 10. The highest BCUT2D eigenvalue weighted by atomic mass is 35.5. The van der Waals surface area contributed by atoms with Crippen molar-refractivity contribution in [2.45, 2.75) is 71.5 Å². The number of hydrogen-bond donors (Lipinski definition) is 1. The topological polar surface area (TPSA) is 86.8 Å². The van der Waals surface area contributed by atoms with E-state index in [4.69, 9.17) is 23.2 Å². The van der Waals surface area contributed by atoms with E-state index in [2.05, 4.69) is 5.32 Å². The molecule has 2 amide bonds. The fraction of sp³-hybridized carbons (Fsp3) is 0.481. The van der Waals surface area contributed by atoms with Gasteiger partial charge in [-0.3, -0.25) is 13.9 Å². The molecule has 37 heavy (non-hydrogen) atoms. The summed E-state index contributed by atoms with van der Waals surface area (Å²) in [7, 11) is -3.80. The third-order valence-corrected chi connectivity index (χ3v) is 8.81. The van der Waals surface area contributed by atoms with Crippen LogP contribution in [0.2, 0.25) is 10.0 Å². The van der Waals surface area contributed by atoms with Crippen molar-refractivity contribution in [2.75, 3.05) is 17.1 Å². The Bertz CT molecular complexity index is 1250. The summed E-state index contributed by atoms with van der Waals surface area (Å²) in [6.07, 6.45) is 5.40. The van der Waals surface area contributed by atoms with Crippen LogP contribution in [-0.2, 0) is 26.2 Å². The number of aryl methyl sites for hydroxylation is 1. The molecule has 2 aromatic rings. The third-order valence-electron chi connectivity index (χ3n) is 6.95. The minimum atomic E-state index is -3.80. The maximum Gasteiger partial charge on any atom is 0.244 e. The lowest BCUT2D eigenvalue weighted by Gasteiger charge is -2.34. The van der Waals surface area contributed by atoms with Crippen molar-refractivity contribution in [3.63, 3.8) is 0 Å².